The maximum Gasteiger partial charge on any atom is 0.268 e. The highest BCUT2D eigenvalue weighted by molar-refractivity contribution is 5.94. The van der Waals surface area contributed by atoms with Gasteiger partial charge in [-0.05, 0) is 38.8 Å². The van der Waals surface area contributed by atoms with E-state index in [1.165, 1.54) is 0 Å². The maximum atomic E-state index is 11.5. The zero-order chi connectivity index (χ0) is 14.5. The van der Waals surface area contributed by atoms with Crippen LogP contribution in [0.15, 0.2) is 10.5 Å². The average molecular weight is 281 g/mol. The molecule has 112 valence electrons. The van der Waals surface area contributed by atoms with Crippen molar-refractivity contribution in [1.29, 1.82) is 0 Å². The van der Waals surface area contributed by atoms with Crippen LogP contribution in [0.1, 0.15) is 34.7 Å². The molecule has 0 unspecified atom stereocenters. The third-order valence-corrected chi connectivity index (χ3v) is 3.68. The molecule has 1 aliphatic rings. The Labute approximate surface area is 119 Å². The van der Waals surface area contributed by atoms with E-state index in [2.05, 4.69) is 17.4 Å². The number of carbonyl (C=O) groups is 1. The number of rotatable bonds is 5. The van der Waals surface area contributed by atoms with Crippen molar-refractivity contribution in [1.82, 2.24) is 10.3 Å². The van der Waals surface area contributed by atoms with Crippen LogP contribution in [0.3, 0.4) is 0 Å². The first-order valence-corrected chi connectivity index (χ1v) is 6.96. The molecule has 1 saturated heterocycles. The smallest absolute Gasteiger partial charge is 0.268 e. The number of nitrogens with one attached hydrogen (secondary N) is 1. The largest absolute Gasteiger partial charge is 0.464 e. The lowest BCUT2D eigenvalue weighted by atomic mass is 10.00. The molecule has 2 heterocycles. The Morgan fingerprint density at radius 3 is 2.85 bits per heavy atom. The van der Waals surface area contributed by atoms with Gasteiger partial charge in [0.15, 0.2) is 0 Å². The van der Waals surface area contributed by atoms with E-state index in [-0.39, 0.29) is 5.91 Å². The minimum atomic E-state index is -0.315. The predicted octanol–water partition coefficient (Wildman–Crippen LogP) is 1.05. The molecule has 0 radical (unpaired) electrons. The zero-order valence-electron chi connectivity index (χ0n) is 12.1. The van der Waals surface area contributed by atoms with E-state index in [1.54, 1.807) is 13.0 Å². The van der Waals surface area contributed by atoms with E-state index in [1.807, 2.05) is 0 Å². The maximum absolute atomic E-state index is 11.5. The van der Waals surface area contributed by atoms with Gasteiger partial charge in [-0.3, -0.25) is 15.1 Å². The summed E-state index contributed by atoms with van der Waals surface area (Å²) in [6, 6.07) is 1.76. The number of hydrazine groups is 1. The van der Waals surface area contributed by atoms with Gasteiger partial charge in [0.25, 0.3) is 5.91 Å². The first-order valence-electron chi connectivity index (χ1n) is 6.96. The third-order valence-electron chi connectivity index (χ3n) is 3.68. The number of hydrogen-bond donors (Lipinski definition) is 2. The van der Waals surface area contributed by atoms with Gasteiger partial charge in [-0.25, -0.2) is 5.84 Å². The topological polar surface area (TPSA) is 80.7 Å². The number of nitrogens with zero attached hydrogens (tertiary/aromatic N) is 1. The van der Waals surface area contributed by atoms with E-state index >= 15 is 0 Å². The SMILES string of the molecule is Cc1oc(CN(C)CC2CCOCC2)cc1C(=O)NN. The Bertz CT molecular complexity index is 453. The fourth-order valence-corrected chi connectivity index (χ4v) is 2.63. The van der Waals surface area contributed by atoms with Crippen LogP contribution in [0, 0.1) is 12.8 Å². The molecule has 3 N–H and O–H groups in total. The molecule has 0 aliphatic carbocycles. The van der Waals surface area contributed by atoms with Crippen molar-refractivity contribution in [3.63, 3.8) is 0 Å². The lowest BCUT2D eigenvalue weighted by molar-refractivity contribution is 0.0542. The Morgan fingerprint density at radius 1 is 1.50 bits per heavy atom. The monoisotopic (exact) mass is 281 g/mol. The summed E-state index contributed by atoms with van der Waals surface area (Å²) in [6.07, 6.45) is 2.23. The quantitative estimate of drug-likeness (QED) is 0.479. The van der Waals surface area contributed by atoms with E-state index in [0.29, 0.717) is 23.8 Å². The molecule has 6 heteroatoms. The average Bonchev–Trinajstić information content (AvgIpc) is 2.79. The molecular weight excluding hydrogens is 258 g/mol. The Kier molecular flexibility index (Phi) is 5.17. The lowest BCUT2D eigenvalue weighted by Crippen LogP contribution is -2.30. The van der Waals surface area contributed by atoms with Crippen LogP contribution >= 0.6 is 0 Å². The van der Waals surface area contributed by atoms with Crippen LogP contribution < -0.4 is 11.3 Å². The van der Waals surface area contributed by atoms with Gasteiger partial charge < -0.3 is 9.15 Å². The van der Waals surface area contributed by atoms with E-state index < -0.39 is 0 Å². The van der Waals surface area contributed by atoms with Crippen LogP contribution in [0.2, 0.25) is 0 Å². The second-order valence-electron chi connectivity index (χ2n) is 5.41. The molecule has 0 spiro atoms. The summed E-state index contributed by atoms with van der Waals surface area (Å²) in [6.45, 7) is 5.20. The van der Waals surface area contributed by atoms with Gasteiger partial charge in [0.2, 0.25) is 0 Å². The Balaban J connectivity index is 1.90. The molecule has 1 fully saturated rings. The number of furan rings is 1. The fourth-order valence-electron chi connectivity index (χ4n) is 2.63. The van der Waals surface area contributed by atoms with E-state index in [4.69, 9.17) is 15.0 Å². The minimum Gasteiger partial charge on any atom is -0.464 e. The summed E-state index contributed by atoms with van der Waals surface area (Å²) in [5.41, 5.74) is 2.63. The van der Waals surface area contributed by atoms with Gasteiger partial charge in [0.1, 0.15) is 11.5 Å². The van der Waals surface area contributed by atoms with Crippen molar-refractivity contribution in [2.75, 3.05) is 26.8 Å². The van der Waals surface area contributed by atoms with Gasteiger partial charge in [-0.1, -0.05) is 0 Å². The van der Waals surface area contributed by atoms with Gasteiger partial charge in [-0.15, -0.1) is 0 Å². The summed E-state index contributed by atoms with van der Waals surface area (Å²) >= 11 is 0. The summed E-state index contributed by atoms with van der Waals surface area (Å²) in [7, 11) is 2.07. The zero-order valence-corrected chi connectivity index (χ0v) is 12.1. The van der Waals surface area contributed by atoms with Crippen molar-refractivity contribution in [2.45, 2.75) is 26.3 Å². The number of aryl methyl sites for hydroxylation is 1. The molecule has 0 atom stereocenters. The number of carbonyl (C=O) groups excluding carboxylic acids is 1. The van der Waals surface area contributed by atoms with Gasteiger partial charge >= 0.3 is 0 Å². The standard InChI is InChI=1S/C14H23N3O3/c1-10-13(14(18)16-15)7-12(20-10)9-17(2)8-11-3-5-19-6-4-11/h7,11H,3-6,8-9,15H2,1-2H3,(H,16,18). The van der Waals surface area contributed by atoms with Gasteiger partial charge in [-0.2, -0.15) is 0 Å². The van der Waals surface area contributed by atoms with Gasteiger partial charge in [0, 0.05) is 19.8 Å². The third kappa shape index (κ3) is 3.82. The van der Waals surface area contributed by atoms with Crippen LogP contribution in [-0.2, 0) is 11.3 Å². The van der Waals surface area contributed by atoms with Crippen LogP contribution in [0.4, 0.5) is 0 Å². The number of amides is 1. The molecule has 1 amide bonds. The molecule has 1 aromatic rings. The number of nitrogen functional groups attached to an aromatic ring is 1. The Morgan fingerprint density at radius 2 is 2.20 bits per heavy atom. The summed E-state index contributed by atoms with van der Waals surface area (Å²) < 4.78 is 11.0. The first-order chi connectivity index (χ1) is 9.60. The molecule has 6 nitrogen and oxygen atoms in total. The second-order valence-corrected chi connectivity index (χ2v) is 5.41. The highest BCUT2D eigenvalue weighted by Crippen LogP contribution is 2.19. The molecule has 2 rings (SSSR count). The Hall–Kier alpha value is -1.37. The summed E-state index contributed by atoms with van der Waals surface area (Å²) in [5.74, 6) is 6.89. The molecular formula is C14H23N3O3. The van der Waals surface area contributed by atoms with Gasteiger partial charge in [0.05, 0.1) is 12.1 Å². The normalized spacial score (nSPS) is 16.6. The first kappa shape index (κ1) is 15.0. The molecule has 20 heavy (non-hydrogen) atoms. The van der Waals surface area contributed by atoms with Crippen molar-refractivity contribution in [3.05, 3.63) is 23.2 Å². The number of hydrogen-bond acceptors (Lipinski definition) is 5. The van der Waals surface area contributed by atoms with Crippen LogP contribution in [0.5, 0.6) is 0 Å². The van der Waals surface area contributed by atoms with Crippen molar-refractivity contribution >= 4 is 5.91 Å². The van der Waals surface area contributed by atoms with E-state index in [0.717, 1.165) is 38.4 Å². The van der Waals surface area contributed by atoms with Crippen LogP contribution in [-0.4, -0.2) is 37.6 Å². The highest BCUT2D eigenvalue weighted by Gasteiger charge is 2.18. The lowest BCUT2D eigenvalue weighted by Gasteiger charge is -2.26. The minimum absolute atomic E-state index is 0.315. The predicted molar refractivity (Wildman–Crippen MR) is 75.0 cm³/mol. The van der Waals surface area contributed by atoms with E-state index in [9.17, 15) is 4.79 Å². The van der Waals surface area contributed by atoms with Crippen molar-refractivity contribution in [3.8, 4) is 0 Å². The van der Waals surface area contributed by atoms with Crippen molar-refractivity contribution in [2.24, 2.45) is 11.8 Å². The number of ether oxygens (including phenoxy) is 1. The second kappa shape index (κ2) is 6.88. The summed E-state index contributed by atoms with van der Waals surface area (Å²) in [4.78, 5) is 13.7. The molecule has 0 aromatic carbocycles. The highest BCUT2D eigenvalue weighted by atomic mass is 16.5. The fraction of sp³-hybridized carbons (Fsp3) is 0.643. The molecule has 1 aromatic heterocycles. The van der Waals surface area contributed by atoms with Crippen LogP contribution in [0.25, 0.3) is 0 Å². The van der Waals surface area contributed by atoms with Crippen molar-refractivity contribution < 1.29 is 13.9 Å². The summed E-state index contributed by atoms with van der Waals surface area (Å²) in [5, 5.41) is 0. The number of nitrogens with two attached hydrogens (primary N) is 1. The molecule has 0 bridgehead atoms. The molecule has 0 saturated carbocycles. The molecule has 1 aliphatic heterocycles.